The topological polar surface area (TPSA) is 50.7 Å². The van der Waals surface area contributed by atoms with Crippen molar-refractivity contribution in [1.29, 1.82) is 0 Å². The third-order valence-electron chi connectivity index (χ3n) is 3.05. The van der Waals surface area contributed by atoms with Crippen LogP contribution in [0.3, 0.4) is 0 Å². The van der Waals surface area contributed by atoms with Gasteiger partial charge in [0.2, 0.25) is 0 Å². The number of aromatic nitrogens is 3. The van der Waals surface area contributed by atoms with Crippen LogP contribution in [-0.2, 0) is 0 Å². The molecule has 3 rings (SSSR count). The van der Waals surface area contributed by atoms with E-state index in [1.807, 2.05) is 24.5 Å². The minimum atomic E-state index is 0.380. The second kappa shape index (κ2) is 4.59. The molecule has 1 fully saturated rings. The Hall–Kier alpha value is -1.81. The largest absolute Gasteiger partial charge is 0.309 e. The summed E-state index contributed by atoms with van der Waals surface area (Å²) in [4.78, 5) is 13.0. The van der Waals surface area contributed by atoms with E-state index in [9.17, 15) is 0 Å². The molecule has 0 saturated carbocycles. The molecule has 0 aromatic carbocycles. The first-order valence-corrected chi connectivity index (χ1v) is 5.89. The average molecular weight is 226 g/mol. The summed E-state index contributed by atoms with van der Waals surface area (Å²) in [7, 11) is 0. The molecular weight excluding hydrogens is 212 g/mol. The molecule has 0 spiro atoms. The smallest absolute Gasteiger partial charge is 0.0900 e. The lowest BCUT2D eigenvalue weighted by Gasteiger charge is -2.09. The highest BCUT2D eigenvalue weighted by molar-refractivity contribution is 5.56. The van der Waals surface area contributed by atoms with Gasteiger partial charge in [-0.15, -0.1) is 0 Å². The Morgan fingerprint density at radius 2 is 2.18 bits per heavy atom. The number of pyridine rings is 1. The lowest BCUT2D eigenvalue weighted by atomic mass is 10.1. The normalized spacial score (nSPS) is 19.4. The van der Waals surface area contributed by atoms with Gasteiger partial charge >= 0.3 is 0 Å². The standard InChI is InChI=1S/C13H14N4/c1-3-10(7-14-5-1)12-8-17-13(9-16-12)11-4-2-6-15-11/h1,3,5,7-9,11,15H,2,4,6H2/t11-/m0/s1. The highest BCUT2D eigenvalue weighted by atomic mass is 15.0. The fourth-order valence-corrected chi connectivity index (χ4v) is 2.12. The van der Waals surface area contributed by atoms with E-state index in [1.54, 1.807) is 12.4 Å². The molecule has 2 aromatic heterocycles. The molecule has 17 heavy (non-hydrogen) atoms. The van der Waals surface area contributed by atoms with Gasteiger partial charge in [-0.3, -0.25) is 15.0 Å². The molecular formula is C13H14N4. The Bertz CT molecular complexity index is 475. The van der Waals surface area contributed by atoms with Gasteiger partial charge in [-0.25, -0.2) is 0 Å². The minimum absolute atomic E-state index is 0.380. The number of hydrogen-bond donors (Lipinski definition) is 1. The zero-order valence-electron chi connectivity index (χ0n) is 9.50. The molecule has 1 saturated heterocycles. The number of nitrogens with one attached hydrogen (secondary N) is 1. The maximum atomic E-state index is 4.48. The first kappa shape index (κ1) is 10.4. The molecule has 1 N–H and O–H groups in total. The summed E-state index contributed by atoms with van der Waals surface area (Å²) in [6.45, 7) is 1.08. The SMILES string of the molecule is c1cncc(-c2cnc([C@@H]3CCCN3)cn2)c1. The van der Waals surface area contributed by atoms with Gasteiger partial charge in [0.25, 0.3) is 0 Å². The molecule has 86 valence electrons. The van der Waals surface area contributed by atoms with Crippen LogP contribution in [0.1, 0.15) is 24.6 Å². The van der Waals surface area contributed by atoms with Crippen LogP contribution in [-0.4, -0.2) is 21.5 Å². The van der Waals surface area contributed by atoms with Gasteiger partial charge in [0.1, 0.15) is 0 Å². The van der Waals surface area contributed by atoms with Crippen molar-refractivity contribution in [2.75, 3.05) is 6.54 Å². The van der Waals surface area contributed by atoms with Crippen molar-refractivity contribution in [2.24, 2.45) is 0 Å². The van der Waals surface area contributed by atoms with Crippen LogP contribution < -0.4 is 5.32 Å². The summed E-state index contributed by atoms with van der Waals surface area (Å²) < 4.78 is 0. The van der Waals surface area contributed by atoms with Gasteiger partial charge < -0.3 is 5.32 Å². The predicted octanol–water partition coefficient (Wildman–Crippen LogP) is 1.96. The Morgan fingerprint density at radius 3 is 2.82 bits per heavy atom. The molecule has 0 aliphatic carbocycles. The van der Waals surface area contributed by atoms with Crippen molar-refractivity contribution >= 4 is 0 Å². The van der Waals surface area contributed by atoms with Gasteiger partial charge in [0.15, 0.2) is 0 Å². The van der Waals surface area contributed by atoms with Gasteiger partial charge in [0.05, 0.1) is 29.8 Å². The van der Waals surface area contributed by atoms with Crippen LogP contribution in [0.2, 0.25) is 0 Å². The molecule has 4 nitrogen and oxygen atoms in total. The monoisotopic (exact) mass is 226 g/mol. The first-order valence-electron chi connectivity index (χ1n) is 5.89. The maximum absolute atomic E-state index is 4.48. The van der Waals surface area contributed by atoms with Crippen LogP contribution >= 0.6 is 0 Å². The summed E-state index contributed by atoms with van der Waals surface area (Å²) >= 11 is 0. The Labute approximate surface area is 100 Å². The molecule has 1 atom stereocenters. The Kier molecular flexibility index (Phi) is 2.80. The molecule has 0 bridgehead atoms. The predicted molar refractivity (Wildman–Crippen MR) is 65.2 cm³/mol. The van der Waals surface area contributed by atoms with Crippen molar-refractivity contribution in [3.63, 3.8) is 0 Å². The summed E-state index contributed by atoms with van der Waals surface area (Å²) in [5, 5.41) is 3.42. The number of nitrogens with zero attached hydrogens (tertiary/aromatic N) is 3. The van der Waals surface area contributed by atoms with Crippen molar-refractivity contribution in [3.8, 4) is 11.3 Å². The lowest BCUT2D eigenvalue weighted by Crippen LogP contribution is -2.14. The summed E-state index contributed by atoms with van der Waals surface area (Å²) in [6.07, 6.45) is 9.63. The molecule has 0 unspecified atom stereocenters. The van der Waals surface area contributed by atoms with Crippen molar-refractivity contribution < 1.29 is 0 Å². The van der Waals surface area contributed by atoms with E-state index >= 15 is 0 Å². The molecule has 2 aromatic rings. The average Bonchev–Trinajstić information content (AvgIpc) is 2.94. The zero-order valence-corrected chi connectivity index (χ0v) is 9.50. The van der Waals surface area contributed by atoms with Gasteiger partial charge in [-0.2, -0.15) is 0 Å². The quantitative estimate of drug-likeness (QED) is 0.850. The minimum Gasteiger partial charge on any atom is -0.309 e. The lowest BCUT2D eigenvalue weighted by molar-refractivity contribution is 0.624. The highest BCUT2D eigenvalue weighted by Gasteiger charge is 2.17. The van der Waals surface area contributed by atoms with E-state index in [2.05, 4.69) is 20.3 Å². The number of hydrogen-bond acceptors (Lipinski definition) is 4. The van der Waals surface area contributed by atoms with E-state index < -0.39 is 0 Å². The summed E-state index contributed by atoms with van der Waals surface area (Å²) in [5.74, 6) is 0. The molecule has 1 aliphatic heterocycles. The van der Waals surface area contributed by atoms with Crippen LogP contribution in [0.5, 0.6) is 0 Å². The molecule has 3 heterocycles. The molecule has 1 aliphatic rings. The Balaban J connectivity index is 1.85. The van der Waals surface area contributed by atoms with E-state index in [-0.39, 0.29) is 0 Å². The summed E-state index contributed by atoms with van der Waals surface area (Å²) in [5.41, 5.74) is 2.92. The first-order chi connectivity index (χ1) is 8.43. The van der Waals surface area contributed by atoms with Crippen LogP contribution in [0, 0.1) is 0 Å². The van der Waals surface area contributed by atoms with E-state index in [1.165, 1.54) is 6.42 Å². The van der Waals surface area contributed by atoms with Crippen molar-refractivity contribution in [1.82, 2.24) is 20.3 Å². The molecule has 0 amide bonds. The van der Waals surface area contributed by atoms with Crippen molar-refractivity contribution in [2.45, 2.75) is 18.9 Å². The number of rotatable bonds is 2. The fourth-order valence-electron chi connectivity index (χ4n) is 2.12. The van der Waals surface area contributed by atoms with Gasteiger partial charge in [-0.1, -0.05) is 0 Å². The fraction of sp³-hybridized carbons (Fsp3) is 0.308. The van der Waals surface area contributed by atoms with Crippen LogP contribution in [0.4, 0.5) is 0 Å². The highest BCUT2D eigenvalue weighted by Crippen LogP contribution is 2.21. The second-order valence-electron chi connectivity index (χ2n) is 4.22. The van der Waals surface area contributed by atoms with Crippen molar-refractivity contribution in [3.05, 3.63) is 42.6 Å². The second-order valence-corrected chi connectivity index (χ2v) is 4.22. The van der Waals surface area contributed by atoms with E-state index in [0.29, 0.717) is 6.04 Å². The van der Waals surface area contributed by atoms with Crippen LogP contribution in [0.25, 0.3) is 11.3 Å². The van der Waals surface area contributed by atoms with Crippen LogP contribution in [0.15, 0.2) is 36.9 Å². The maximum Gasteiger partial charge on any atom is 0.0900 e. The third-order valence-corrected chi connectivity index (χ3v) is 3.05. The Morgan fingerprint density at radius 1 is 1.18 bits per heavy atom. The van der Waals surface area contributed by atoms with E-state index in [4.69, 9.17) is 0 Å². The molecule has 4 heteroatoms. The summed E-state index contributed by atoms with van der Waals surface area (Å²) in [6, 6.07) is 4.28. The third kappa shape index (κ3) is 2.17. The molecule has 0 radical (unpaired) electrons. The van der Waals surface area contributed by atoms with E-state index in [0.717, 1.165) is 29.9 Å². The van der Waals surface area contributed by atoms with Gasteiger partial charge in [-0.05, 0) is 31.5 Å². The van der Waals surface area contributed by atoms with Gasteiger partial charge in [0, 0.05) is 18.0 Å². The zero-order chi connectivity index (χ0) is 11.5.